The van der Waals surface area contributed by atoms with Crippen molar-refractivity contribution in [1.82, 2.24) is 0 Å². The van der Waals surface area contributed by atoms with Crippen LogP contribution in [0.2, 0.25) is 0 Å². The highest BCUT2D eigenvalue weighted by molar-refractivity contribution is 5.41. The number of nitrogens with two attached hydrogens (primary N) is 1. The van der Waals surface area contributed by atoms with Crippen LogP contribution < -0.4 is 10.5 Å². The fourth-order valence-electron chi connectivity index (χ4n) is 2.06. The van der Waals surface area contributed by atoms with Crippen LogP contribution in [-0.4, -0.2) is 6.54 Å². The molecule has 0 aromatic heterocycles. The van der Waals surface area contributed by atoms with E-state index in [2.05, 4.69) is 0 Å². The lowest BCUT2D eigenvalue weighted by Gasteiger charge is -2.14. The van der Waals surface area contributed by atoms with Gasteiger partial charge in [0.05, 0.1) is 0 Å². The number of hydrogen-bond acceptors (Lipinski definition) is 2. The van der Waals surface area contributed by atoms with E-state index in [0.717, 1.165) is 22.9 Å². The summed E-state index contributed by atoms with van der Waals surface area (Å²) in [6.07, 6.45) is 0.697. The van der Waals surface area contributed by atoms with Gasteiger partial charge in [0, 0.05) is 11.6 Å². The molecule has 0 atom stereocenters. The lowest BCUT2D eigenvalue weighted by Crippen LogP contribution is -2.07. The van der Waals surface area contributed by atoms with E-state index >= 15 is 0 Å². The van der Waals surface area contributed by atoms with Crippen LogP contribution in [0.3, 0.4) is 0 Å². The maximum absolute atomic E-state index is 13.6. The van der Waals surface area contributed by atoms with Crippen molar-refractivity contribution in [3.63, 3.8) is 0 Å². The Morgan fingerprint density at radius 2 is 1.90 bits per heavy atom. The molecule has 2 aromatic rings. The lowest BCUT2D eigenvalue weighted by atomic mass is 10.1. The zero-order chi connectivity index (χ0) is 14.5. The molecule has 20 heavy (non-hydrogen) atoms. The summed E-state index contributed by atoms with van der Waals surface area (Å²) in [5, 5.41) is 0. The van der Waals surface area contributed by atoms with E-state index in [1.807, 2.05) is 25.1 Å². The first-order valence-corrected chi connectivity index (χ1v) is 6.47. The molecular weight excluding hydrogens is 260 g/mol. The van der Waals surface area contributed by atoms with Gasteiger partial charge in [0.2, 0.25) is 0 Å². The summed E-state index contributed by atoms with van der Waals surface area (Å²) in [5.74, 6) is -0.466. The zero-order valence-corrected chi connectivity index (χ0v) is 11.3. The predicted molar refractivity (Wildman–Crippen MR) is 74.6 cm³/mol. The third-order valence-electron chi connectivity index (χ3n) is 3.09. The molecule has 0 spiro atoms. The van der Waals surface area contributed by atoms with E-state index in [-0.39, 0.29) is 6.61 Å². The summed E-state index contributed by atoms with van der Waals surface area (Å²) >= 11 is 0. The van der Waals surface area contributed by atoms with Crippen molar-refractivity contribution in [2.24, 2.45) is 5.73 Å². The molecule has 0 amide bonds. The standard InChI is InChI=1S/C16H17F2NO/c1-11-3-2-4-12(7-8-19)16(11)20-10-13-5-6-14(17)9-15(13)18/h2-6,9H,7-8,10,19H2,1H3. The van der Waals surface area contributed by atoms with Crippen molar-refractivity contribution in [1.29, 1.82) is 0 Å². The monoisotopic (exact) mass is 277 g/mol. The fourth-order valence-corrected chi connectivity index (χ4v) is 2.06. The van der Waals surface area contributed by atoms with Gasteiger partial charge in [-0.05, 0) is 43.1 Å². The molecule has 106 valence electrons. The molecule has 2 rings (SSSR count). The molecule has 4 heteroatoms. The Morgan fingerprint density at radius 1 is 1.10 bits per heavy atom. The van der Waals surface area contributed by atoms with Crippen LogP contribution in [-0.2, 0) is 13.0 Å². The van der Waals surface area contributed by atoms with E-state index in [9.17, 15) is 8.78 Å². The van der Waals surface area contributed by atoms with Crippen LogP contribution >= 0.6 is 0 Å². The van der Waals surface area contributed by atoms with Crippen molar-refractivity contribution in [2.45, 2.75) is 20.0 Å². The van der Waals surface area contributed by atoms with Gasteiger partial charge in [-0.2, -0.15) is 0 Å². The van der Waals surface area contributed by atoms with Crippen molar-refractivity contribution in [3.05, 3.63) is 64.7 Å². The normalized spacial score (nSPS) is 10.6. The summed E-state index contributed by atoms with van der Waals surface area (Å²) in [6, 6.07) is 9.28. The number of ether oxygens (including phenoxy) is 1. The van der Waals surface area contributed by atoms with Gasteiger partial charge < -0.3 is 10.5 Å². The molecule has 2 aromatic carbocycles. The van der Waals surface area contributed by atoms with Gasteiger partial charge in [0.15, 0.2) is 0 Å². The third-order valence-corrected chi connectivity index (χ3v) is 3.09. The fraction of sp³-hybridized carbons (Fsp3) is 0.250. The van der Waals surface area contributed by atoms with Crippen LogP contribution in [0.25, 0.3) is 0 Å². The van der Waals surface area contributed by atoms with Gasteiger partial charge in [-0.25, -0.2) is 8.78 Å². The Hall–Kier alpha value is -1.94. The molecule has 0 radical (unpaired) electrons. The number of rotatable bonds is 5. The smallest absolute Gasteiger partial charge is 0.132 e. The van der Waals surface area contributed by atoms with Gasteiger partial charge in [-0.3, -0.25) is 0 Å². The van der Waals surface area contributed by atoms with Gasteiger partial charge in [-0.1, -0.05) is 18.2 Å². The molecule has 0 heterocycles. The Bertz CT molecular complexity index is 599. The molecule has 0 unspecified atom stereocenters. The second-order valence-corrected chi connectivity index (χ2v) is 4.63. The third kappa shape index (κ3) is 3.33. The minimum atomic E-state index is -0.598. The topological polar surface area (TPSA) is 35.2 Å². The summed E-state index contributed by atoms with van der Waals surface area (Å²) in [5.41, 5.74) is 7.86. The van der Waals surface area contributed by atoms with E-state index in [1.54, 1.807) is 0 Å². The molecule has 2 N–H and O–H groups in total. The Labute approximate surface area is 117 Å². The van der Waals surface area contributed by atoms with Crippen molar-refractivity contribution < 1.29 is 13.5 Å². The van der Waals surface area contributed by atoms with Gasteiger partial charge in [0.25, 0.3) is 0 Å². The number of benzene rings is 2. The molecule has 2 nitrogen and oxygen atoms in total. The molecule has 0 aliphatic carbocycles. The number of para-hydroxylation sites is 1. The van der Waals surface area contributed by atoms with Crippen LogP contribution in [0.1, 0.15) is 16.7 Å². The summed E-state index contributed by atoms with van der Waals surface area (Å²) in [7, 11) is 0. The molecule has 0 aliphatic heterocycles. The average Bonchev–Trinajstić information content (AvgIpc) is 2.40. The molecule has 0 bridgehead atoms. The quantitative estimate of drug-likeness (QED) is 0.909. The highest BCUT2D eigenvalue weighted by Crippen LogP contribution is 2.25. The van der Waals surface area contributed by atoms with Crippen LogP contribution in [0.4, 0.5) is 8.78 Å². The predicted octanol–water partition coefficient (Wildman–Crippen LogP) is 3.35. The van der Waals surface area contributed by atoms with Gasteiger partial charge >= 0.3 is 0 Å². The Kier molecular flexibility index (Phi) is 4.69. The Morgan fingerprint density at radius 3 is 2.60 bits per heavy atom. The largest absolute Gasteiger partial charge is 0.488 e. The van der Waals surface area contributed by atoms with Crippen LogP contribution in [0, 0.1) is 18.6 Å². The maximum Gasteiger partial charge on any atom is 0.132 e. The number of aryl methyl sites for hydroxylation is 1. The number of halogens is 2. The first-order chi connectivity index (χ1) is 9.61. The second-order valence-electron chi connectivity index (χ2n) is 4.63. The number of hydrogen-bond donors (Lipinski definition) is 1. The summed E-state index contributed by atoms with van der Waals surface area (Å²) in [4.78, 5) is 0. The molecule has 0 fully saturated rings. The minimum Gasteiger partial charge on any atom is -0.488 e. The SMILES string of the molecule is Cc1cccc(CCN)c1OCc1ccc(F)cc1F. The summed E-state index contributed by atoms with van der Waals surface area (Å²) < 4.78 is 32.1. The lowest BCUT2D eigenvalue weighted by molar-refractivity contribution is 0.294. The van der Waals surface area contributed by atoms with Crippen molar-refractivity contribution in [3.8, 4) is 5.75 Å². The Balaban J connectivity index is 2.18. The molecule has 0 saturated carbocycles. The van der Waals surface area contributed by atoms with Crippen LogP contribution in [0.5, 0.6) is 5.75 Å². The highest BCUT2D eigenvalue weighted by atomic mass is 19.1. The first kappa shape index (κ1) is 14.5. The van der Waals surface area contributed by atoms with Crippen molar-refractivity contribution in [2.75, 3.05) is 6.54 Å². The van der Waals surface area contributed by atoms with Crippen molar-refractivity contribution >= 4 is 0 Å². The summed E-state index contributed by atoms with van der Waals surface area (Å²) in [6.45, 7) is 2.51. The van der Waals surface area contributed by atoms with E-state index in [1.165, 1.54) is 12.1 Å². The van der Waals surface area contributed by atoms with E-state index in [0.29, 0.717) is 18.5 Å². The van der Waals surface area contributed by atoms with E-state index in [4.69, 9.17) is 10.5 Å². The van der Waals surface area contributed by atoms with Gasteiger partial charge in [0.1, 0.15) is 24.0 Å². The van der Waals surface area contributed by atoms with E-state index < -0.39 is 11.6 Å². The first-order valence-electron chi connectivity index (χ1n) is 6.47. The van der Waals surface area contributed by atoms with Crippen LogP contribution in [0.15, 0.2) is 36.4 Å². The molecule has 0 saturated heterocycles. The molecular formula is C16H17F2NO. The molecule has 0 aliphatic rings. The maximum atomic E-state index is 13.6. The minimum absolute atomic E-state index is 0.0640. The second kappa shape index (κ2) is 6.48. The van der Waals surface area contributed by atoms with Gasteiger partial charge in [-0.15, -0.1) is 0 Å². The highest BCUT2D eigenvalue weighted by Gasteiger charge is 2.09. The average molecular weight is 277 g/mol. The zero-order valence-electron chi connectivity index (χ0n) is 11.3.